The Bertz CT molecular complexity index is 517. The summed E-state index contributed by atoms with van der Waals surface area (Å²) < 4.78 is 0. The van der Waals surface area contributed by atoms with E-state index < -0.39 is 5.41 Å². The summed E-state index contributed by atoms with van der Waals surface area (Å²) in [5, 5.41) is 3.02. The molecule has 6 heteroatoms. The Morgan fingerprint density at radius 3 is 2.61 bits per heavy atom. The molecule has 3 fully saturated rings. The summed E-state index contributed by atoms with van der Waals surface area (Å²) in [6, 6.07) is 0. The lowest BCUT2D eigenvalue weighted by atomic mass is 9.85. The summed E-state index contributed by atoms with van der Waals surface area (Å²) in [4.78, 5) is 40.8. The van der Waals surface area contributed by atoms with Gasteiger partial charge in [0.25, 0.3) is 0 Å². The Balaban J connectivity index is 1.60. The first kappa shape index (κ1) is 16.3. The van der Waals surface area contributed by atoms with Gasteiger partial charge in [-0.05, 0) is 44.9 Å². The summed E-state index contributed by atoms with van der Waals surface area (Å²) in [6.45, 7) is 4.24. The number of piperidine rings is 1. The Labute approximate surface area is 137 Å². The largest absolute Gasteiger partial charge is 0.356 e. The molecule has 0 aromatic carbocycles. The molecule has 2 saturated heterocycles. The Morgan fingerprint density at radius 1 is 1.26 bits per heavy atom. The average Bonchev–Trinajstić information content (AvgIpc) is 3.36. The molecule has 0 radical (unpaired) electrons. The van der Waals surface area contributed by atoms with Gasteiger partial charge in [0, 0.05) is 33.2 Å². The molecule has 3 amide bonds. The van der Waals surface area contributed by atoms with E-state index in [1.807, 2.05) is 0 Å². The van der Waals surface area contributed by atoms with Crippen LogP contribution in [0.5, 0.6) is 0 Å². The number of amides is 3. The first-order valence-corrected chi connectivity index (χ1v) is 8.74. The fraction of sp³-hybridized carbons (Fsp3) is 0.824. The zero-order valence-corrected chi connectivity index (χ0v) is 14.1. The first-order valence-electron chi connectivity index (χ1n) is 8.74. The predicted molar refractivity (Wildman–Crippen MR) is 85.4 cm³/mol. The van der Waals surface area contributed by atoms with E-state index in [0.29, 0.717) is 32.0 Å². The molecule has 2 aliphatic heterocycles. The first-order chi connectivity index (χ1) is 10.9. The van der Waals surface area contributed by atoms with Gasteiger partial charge in [0.15, 0.2) is 0 Å². The summed E-state index contributed by atoms with van der Waals surface area (Å²) in [5.41, 5.74) is -0.943. The van der Waals surface area contributed by atoms with Crippen LogP contribution in [0.25, 0.3) is 0 Å². The predicted octanol–water partition coefficient (Wildman–Crippen LogP) is 0.620. The summed E-state index contributed by atoms with van der Waals surface area (Å²) in [5.74, 6) is 0.388. The van der Waals surface area contributed by atoms with Crippen molar-refractivity contribution < 1.29 is 14.4 Å². The van der Waals surface area contributed by atoms with E-state index in [-0.39, 0.29) is 23.6 Å². The molecule has 3 rings (SSSR count). The van der Waals surface area contributed by atoms with Crippen LogP contribution in [0.15, 0.2) is 0 Å². The second-order valence-corrected chi connectivity index (χ2v) is 7.59. The third-order valence-corrected chi connectivity index (χ3v) is 5.58. The minimum Gasteiger partial charge on any atom is -0.356 e. The molecule has 0 aromatic rings. The molecule has 2 heterocycles. The number of hydrogen-bond donors (Lipinski definition) is 1. The minimum atomic E-state index is -0.943. The van der Waals surface area contributed by atoms with Crippen LogP contribution >= 0.6 is 0 Å². The topological polar surface area (TPSA) is 69.7 Å². The van der Waals surface area contributed by atoms with Gasteiger partial charge in [-0.3, -0.25) is 14.4 Å². The van der Waals surface area contributed by atoms with Crippen molar-refractivity contribution in [2.24, 2.45) is 17.3 Å². The molecule has 0 bridgehead atoms. The summed E-state index contributed by atoms with van der Waals surface area (Å²) >= 11 is 0. The van der Waals surface area contributed by atoms with E-state index in [0.717, 1.165) is 19.4 Å². The number of rotatable bonds is 4. The van der Waals surface area contributed by atoms with E-state index in [2.05, 4.69) is 5.32 Å². The van der Waals surface area contributed by atoms with Gasteiger partial charge in [0.1, 0.15) is 5.41 Å². The Hall–Kier alpha value is -1.59. The fourth-order valence-corrected chi connectivity index (χ4v) is 3.66. The van der Waals surface area contributed by atoms with Crippen LogP contribution in [0.2, 0.25) is 0 Å². The van der Waals surface area contributed by atoms with Crippen LogP contribution in [0.4, 0.5) is 0 Å². The van der Waals surface area contributed by atoms with Crippen molar-refractivity contribution >= 4 is 17.7 Å². The molecule has 0 aromatic heterocycles. The fourth-order valence-electron chi connectivity index (χ4n) is 3.66. The molecule has 128 valence electrons. The molecular weight excluding hydrogens is 294 g/mol. The highest BCUT2D eigenvalue weighted by Gasteiger charge is 2.50. The highest BCUT2D eigenvalue weighted by atomic mass is 16.2. The lowest BCUT2D eigenvalue weighted by Gasteiger charge is -2.36. The van der Waals surface area contributed by atoms with Gasteiger partial charge in [-0.25, -0.2) is 0 Å². The second-order valence-electron chi connectivity index (χ2n) is 7.59. The van der Waals surface area contributed by atoms with E-state index in [1.165, 1.54) is 12.8 Å². The van der Waals surface area contributed by atoms with Crippen molar-refractivity contribution in [3.63, 3.8) is 0 Å². The van der Waals surface area contributed by atoms with Crippen molar-refractivity contribution in [1.82, 2.24) is 15.1 Å². The molecule has 2 unspecified atom stereocenters. The normalized spacial score (nSPS) is 31.4. The maximum Gasteiger partial charge on any atom is 0.238 e. The van der Waals surface area contributed by atoms with E-state index in [9.17, 15) is 14.4 Å². The van der Waals surface area contributed by atoms with Gasteiger partial charge in [-0.2, -0.15) is 0 Å². The van der Waals surface area contributed by atoms with Crippen molar-refractivity contribution in [2.45, 2.75) is 39.0 Å². The number of nitrogens with one attached hydrogen (secondary N) is 1. The zero-order valence-electron chi connectivity index (χ0n) is 14.1. The highest BCUT2D eigenvalue weighted by Crippen LogP contribution is 2.34. The molecule has 3 aliphatic rings. The van der Waals surface area contributed by atoms with Gasteiger partial charge >= 0.3 is 0 Å². The molecule has 0 spiro atoms. The minimum absolute atomic E-state index is 0.0643. The molecule has 6 nitrogen and oxygen atoms in total. The van der Waals surface area contributed by atoms with Gasteiger partial charge < -0.3 is 15.1 Å². The molecule has 1 N–H and O–H groups in total. The number of hydrogen-bond acceptors (Lipinski definition) is 3. The Kier molecular flexibility index (Phi) is 4.34. The van der Waals surface area contributed by atoms with E-state index >= 15 is 0 Å². The van der Waals surface area contributed by atoms with Gasteiger partial charge in [0.2, 0.25) is 17.7 Å². The van der Waals surface area contributed by atoms with Crippen molar-refractivity contribution in [1.29, 1.82) is 0 Å². The van der Waals surface area contributed by atoms with E-state index in [1.54, 1.807) is 23.8 Å². The van der Waals surface area contributed by atoms with Crippen molar-refractivity contribution in [2.75, 3.05) is 33.2 Å². The van der Waals surface area contributed by atoms with Gasteiger partial charge in [-0.15, -0.1) is 0 Å². The average molecular weight is 321 g/mol. The number of nitrogens with zero attached hydrogens (tertiary/aromatic N) is 2. The smallest absolute Gasteiger partial charge is 0.238 e. The lowest BCUT2D eigenvalue weighted by molar-refractivity contribution is -0.151. The molecule has 1 aliphatic carbocycles. The van der Waals surface area contributed by atoms with E-state index in [4.69, 9.17) is 0 Å². The molecule has 2 atom stereocenters. The summed E-state index contributed by atoms with van der Waals surface area (Å²) in [6.07, 6.45) is 4.64. The van der Waals surface area contributed by atoms with Crippen molar-refractivity contribution in [3.8, 4) is 0 Å². The Morgan fingerprint density at radius 2 is 2.00 bits per heavy atom. The number of carbonyl (C=O) groups is 3. The van der Waals surface area contributed by atoms with Crippen LogP contribution in [0, 0.1) is 17.3 Å². The van der Waals surface area contributed by atoms with Gasteiger partial charge in [-0.1, -0.05) is 0 Å². The quantitative estimate of drug-likeness (QED) is 0.772. The second kappa shape index (κ2) is 6.13. The summed E-state index contributed by atoms with van der Waals surface area (Å²) in [7, 11) is 1.74. The maximum absolute atomic E-state index is 12.9. The third-order valence-electron chi connectivity index (χ3n) is 5.58. The third kappa shape index (κ3) is 3.21. The number of carbonyl (C=O) groups excluding carboxylic acids is 3. The zero-order chi connectivity index (χ0) is 16.6. The monoisotopic (exact) mass is 321 g/mol. The van der Waals surface area contributed by atoms with Crippen LogP contribution in [0.3, 0.4) is 0 Å². The molecule has 1 saturated carbocycles. The highest BCUT2D eigenvalue weighted by molar-refractivity contribution is 6.06. The standard InChI is InChI=1S/C17H27N3O3/c1-17(7-9-19(2)15(17)22)16(23)20-8-3-4-13(11-20)14(21)18-10-12-5-6-12/h12-13H,3-11H2,1-2H3,(H,18,21). The molecule has 23 heavy (non-hydrogen) atoms. The van der Waals surface area contributed by atoms with Crippen LogP contribution < -0.4 is 5.32 Å². The van der Waals surface area contributed by atoms with Crippen LogP contribution in [0.1, 0.15) is 39.0 Å². The van der Waals surface area contributed by atoms with Crippen molar-refractivity contribution in [3.05, 3.63) is 0 Å². The maximum atomic E-state index is 12.9. The van der Waals surface area contributed by atoms with Crippen LogP contribution in [-0.2, 0) is 14.4 Å². The SMILES string of the molecule is CN1CCC(C)(C(=O)N2CCCC(C(=O)NCC3CC3)C2)C1=O. The number of likely N-dealkylation sites (tertiary alicyclic amines) is 2. The van der Waals surface area contributed by atoms with Crippen LogP contribution in [-0.4, -0.2) is 60.7 Å². The molecular formula is C17H27N3O3. The lowest BCUT2D eigenvalue weighted by Crippen LogP contribution is -2.52. The van der Waals surface area contributed by atoms with Gasteiger partial charge in [0.05, 0.1) is 5.92 Å².